The standard InChI is InChI=1S/C14H19N3O3/c1-3-12-9-16(7-6-15(12)2)13-5-4-11(10-18)8-14(13)17(19)20/h4-5,8,10,12H,3,6-7,9H2,1-2H3. The van der Waals surface area contributed by atoms with Gasteiger partial charge in [0.15, 0.2) is 0 Å². The number of carbonyl (C=O) groups excluding carboxylic acids is 1. The van der Waals surface area contributed by atoms with Gasteiger partial charge in [-0.2, -0.15) is 0 Å². The molecule has 0 radical (unpaired) electrons. The molecule has 0 aromatic heterocycles. The zero-order chi connectivity index (χ0) is 14.7. The van der Waals surface area contributed by atoms with E-state index in [1.165, 1.54) is 6.07 Å². The van der Waals surface area contributed by atoms with Gasteiger partial charge in [-0.15, -0.1) is 0 Å². The maximum atomic E-state index is 11.2. The van der Waals surface area contributed by atoms with Crippen molar-refractivity contribution in [1.82, 2.24) is 4.90 Å². The zero-order valence-corrected chi connectivity index (χ0v) is 11.8. The Bertz CT molecular complexity index is 518. The molecular weight excluding hydrogens is 258 g/mol. The van der Waals surface area contributed by atoms with Gasteiger partial charge in [-0.1, -0.05) is 6.92 Å². The van der Waals surface area contributed by atoms with Gasteiger partial charge in [-0.3, -0.25) is 19.8 Å². The number of hydrogen-bond donors (Lipinski definition) is 0. The first-order chi connectivity index (χ1) is 9.56. The number of rotatable bonds is 4. The highest BCUT2D eigenvalue weighted by molar-refractivity contribution is 5.79. The zero-order valence-electron chi connectivity index (χ0n) is 11.8. The summed E-state index contributed by atoms with van der Waals surface area (Å²) in [5.41, 5.74) is 0.947. The lowest BCUT2D eigenvalue weighted by atomic mass is 10.1. The van der Waals surface area contributed by atoms with E-state index in [9.17, 15) is 14.9 Å². The molecule has 0 N–H and O–H groups in total. The van der Waals surface area contributed by atoms with Gasteiger partial charge in [0.2, 0.25) is 0 Å². The maximum absolute atomic E-state index is 11.2. The minimum absolute atomic E-state index is 0.00834. The molecule has 0 spiro atoms. The Morgan fingerprint density at radius 1 is 1.45 bits per heavy atom. The topological polar surface area (TPSA) is 66.7 Å². The van der Waals surface area contributed by atoms with Gasteiger partial charge in [0.05, 0.1) is 4.92 Å². The van der Waals surface area contributed by atoms with Crippen molar-refractivity contribution in [1.29, 1.82) is 0 Å². The highest BCUT2D eigenvalue weighted by Crippen LogP contribution is 2.30. The Morgan fingerprint density at radius 3 is 2.80 bits per heavy atom. The summed E-state index contributed by atoms with van der Waals surface area (Å²) in [5, 5.41) is 11.2. The van der Waals surface area contributed by atoms with Crippen molar-refractivity contribution in [2.24, 2.45) is 0 Å². The van der Waals surface area contributed by atoms with E-state index in [1.54, 1.807) is 12.1 Å². The molecule has 1 saturated heterocycles. The number of carbonyl (C=O) groups is 1. The van der Waals surface area contributed by atoms with E-state index in [4.69, 9.17) is 0 Å². The molecule has 0 saturated carbocycles. The largest absolute Gasteiger partial charge is 0.363 e. The molecule has 1 aromatic carbocycles. The van der Waals surface area contributed by atoms with Crippen LogP contribution in [-0.4, -0.2) is 48.8 Å². The average Bonchev–Trinajstić information content (AvgIpc) is 2.47. The number of piperazine rings is 1. The minimum atomic E-state index is -0.415. The van der Waals surface area contributed by atoms with Gasteiger partial charge in [-0.05, 0) is 25.6 Å². The van der Waals surface area contributed by atoms with Gasteiger partial charge in [0.25, 0.3) is 5.69 Å². The Balaban J connectivity index is 2.32. The Morgan fingerprint density at radius 2 is 2.20 bits per heavy atom. The second-order valence-corrected chi connectivity index (χ2v) is 5.11. The molecule has 6 heteroatoms. The van der Waals surface area contributed by atoms with Crippen LogP contribution in [0.3, 0.4) is 0 Å². The second-order valence-electron chi connectivity index (χ2n) is 5.11. The van der Waals surface area contributed by atoms with E-state index in [0.29, 0.717) is 23.6 Å². The van der Waals surface area contributed by atoms with Crippen LogP contribution < -0.4 is 4.90 Å². The summed E-state index contributed by atoms with van der Waals surface area (Å²) in [4.78, 5) is 25.9. The van der Waals surface area contributed by atoms with Crippen LogP contribution >= 0.6 is 0 Å². The third-order valence-corrected chi connectivity index (χ3v) is 3.92. The van der Waals surface area contributed by atoms with E-state index < -0.39 is 4.92 Å². The van der Waals surface area contributed by atoms with Crippen molar-refractivity contribution >= 4 is 17.7 Å². The molecule has 20 heavy (non-hydrogen) atoms. The number of aldehydes is 1. The maximum Gasteiger partial charge on any atom is 0.293 e. The number of hydrogen-bond acceptors (Lipinski definition) is 5. The molecule has 6 nitrogen and oxygen atoms in total. The molecule has 108 valence electrons. The van der Waals surface area contributed by atoms with Crippen LogP contribution in [0.25, 0.3) is 0 Å². The molecule has 1 unspecified atom stereocenters. The molecular formula is C14H19N3O3. The van der Waals surface area contributed by atoms with Crippen LogP contribution in [0.4, 0.5) is 11.4 Å². The molecule has 0 amide bonds. The van der Waals surface area contributed by atoms with Crippen molar-refractivity contribution in [3.05, 3.63) is 33.9 Å². The number of nitrogens with zero attached hydrogens (tertiary/aromatic N) is 3. The van der Waals surface area contributed by atoms with Crippen molar-refractivity contribution in [3.63, 3.8) is 0 Å². The third kappa shape index (κ3) is 2.80. The van der Waals surface area contributed by atoms with Gasteiger partial charge in [-0.25, -0.2) is 0 Å². The van der Waals surface area contributed by atoms with Crippen LogP contribution in [-0.2, 0) is 0 Å². The Labute approximate surface area is 118 Å². The summed E-state index contributed by atoms with van der Waals surface area (Å²) in [5.74, 6) is 0. The molecule has 1 atom stereocenters. The van der Waals surface area contributed by atoms with E-state index in [1.807, 2.05) is 4.90 Å². The first-order valence-corrected chi connectivity index (χ1v) is 6.75. The van der Waals surface area contributed by atoms with Crippen LogP contribution in [0.2, 0.25) is 0 Å². The lowest BCUT2D eigenvalue weighted by Crippen LogP contribution is -2.51. The van der Waals surface area contributed by atoms with Crippen molar-refractivity contribution in [3.8, 4) is 0 Å². The quantitative estimate of drug-likeness (QED) is 0.478. The number of benzene rings is 1. The van der Waals surface area contributed by atoms with Gasteiger partial charge in [0.1, 0.15) is 12.0 Å². The van der Waals surface area contributed by atoms with Crippen LogP contribution in [0.1, 0.15) is 23.7 Å². The van der Waals surface area contributed by atoms with E-state index in [-0.39, 0.29) is 5.69 Å². The fourth-order valence-electron chi connectivity index (χ4n) is 2.63. The summed E-state index contributed by atoms with van der Waals surface area (Å²) in [6, 6.07) is 5.06. The molecule has 0 bridgehead atoms. The predicted octanol–water partition coefficient (Wildman–Crippen LogP) is 1.94. The van der Waals surface area contributed by atoms with Gasteiger partial charge in [0, 0.05) is 37.3 Å². The van der Waals surface area contributed by atoms with E-state index in [2.05, 4.69) is 18.9 Å². The van der Waals surface area contributed by atoms with E-state index >= 15 is 0 Å². The first kappa shape index (κ1) is 14.5. The molecule has 1 aliphatic heterocycles. The first-order valence-electron chi connectivity index (χ1n) is 6.75. The normalized spacial score (nSPS) is 19.9. The van der Waals surface area contributed by atoms with Gasteiger partial charge >= 0.3 is 0 Å². The molecule has 0 aliphatic carbocycles. The molecule has 1 aliphatic rings. The summed E-state index contributed by atoms with van der Waals surface area (Å²) in [6.45, 7) is 4.53. The summed E-state index contributed by atoms with van der Waals surface area (Å²) >= 11 is 0. The second kappa shape index (κ2) is 6.00. The molecule has 1 heterocycles. The third-order valence-electron chi connectivity index (χ3n) is 3.92. The van der Waals surface area contributed by atoms with Crippen molar-refractivity contribution in [2.45, 2.75) is 19.4 Å². The minimum Gasteiger partial charge on any atom is -0.363 e. The highest BCUT2D eigenvalue weighted by Gasteiger charge is 2.27. The summed E-state index contributed by atoms with van der Waals surface area (Å²) < 4.78 is 0. The van der Waals surface area contributed by atoms with Crippen LogP contribution in [0, 0.1) is 10.1 Å². The molecule has 2 rings (SSSR count). The van der Waals surface area contributed by atoms with Crippen LogP contribution in [0.5, 0.6) is 0 Å². The highest BCUT2D eigenvalue weighted by atomic mass is 16.6. The Hall–Kier alpha value is -1.95. The average molecular weight is 277 g/mol. The number of nitro groups is 1. The van der Waals surface area contributed by atoms with Crippen LogP contribution in [0.15, 0.2) is 18.2 Å². The lowest BCUT2D eigenvalue weighted by Gasteiger charge is -2.40. The summed E-state index contributed by atoms with van der Waals surface area (Å²) in [6.07, 6.45) is 1.64. The van der Waals surface area contributed by atoms with Crippen molar-refractivity contribution in [2.75, 3.05) is 31.6 Å². The van der Waals surface area contributed by atoms with Gasteiger partial charge < -0.3 is 4.90 Å². The Kier molecular flexibility index (Phi) is 4.34. The molecule has 1 aromatic rings. The summed E-state index contributed by atoms with van der Waals surface area (Å²) in [7, 11) is 2.08. The monoisotopic (exact) mass is 277 g/mol. The van der Waals surface area contributed by atoms with E-state index in [0.717, 1.165) is 26.1 Å². The fraction of sp³-hybridized carbons (Fsp3) is 0.500. The fourth-order valence-corrected chi connectivity index (χ4v) is 2.63. The molecule has 1 fully saturated rings. The SMILES string of the molecule is CCC1CN(c2ccc(C=O)cc2[N+](=O)[O-])CCN1C. The predicted molar refractivity (Wildman–Crippen MR) is 77.4 cm³/mol. The lowest BCUT2D eigenvalue weighted by molar-refractivity contribution is -0.384. The number of likely N-dealkylation sites (N-methyl/N-ethyl adjacent to an activating group) is 1. The number of anilines is 1. The van der Waals surface area contributed by atoms with Crippen molar-refractivity contribution < 1.29 is 9.72 Å². The smallest absolute Gasteiger partial charge is 0.293 e. The number of nitro benzene ring substituents is 1.